The highest BCUT2D eigenvalue weighted by atomic mass is 19.4. The van der Waals surface area contributed by atoms with Crippen LogP contribution in [-0.4, -0.2) is 92.9 Å². The number of nitrogens with one attached hydrogen (secondary N) is 3. The molecule has 1 saturated carbocycles. The van der Waals surface area contributed by atoms with Crippen LogP contribution in [-0.2, 0) is 32.9 Å². The number of hydrogen-bond acceptors (Lipinski definition) is 9. The van der Waals surface area contributed by atoms with Crippen molar-refractivity contribution in [3.63, 3.8) is 0 Å². The molecule has 0 radical (unpaired) electrons. The third kappa shape index (κ3) is 7.34. The van der Waals surface area contributed by atoms with Crippen molar-refractivity contribution in [3.05, 3.63) is 100 Å². The van der Waals surface area contributed by atoms with Crippen molar-refractivity contribution in [2.45, 2.75) is 69.8 Å². The summed E-state index contributed by atoms with van der Waals surface area (Å²) in [5.41, 5.74) is 2.13. The monoisotopic (exact) mass is 800 g/mol. The lowest BCUT2D eigenvalue weighted by molar-refractivity contribution is -0.182. The van der Waals surface area contributed by atoms with E-state index in [0.29, 0.717) is 39.1 Å². The summed E-state index contributed by atoms with van der Waals surface area (Å²) in [6.45, 7) is 4.90. The number of carbonyl (C=O) groups excluding carboxylic acids is 5. The van der Waals surface area contributed by atoms with Crippen LogP contribution in [0.4, 0.5) is 23.2 Å². The SMILES string of the molecule is CC(C)(c1n[nH]c(CNC(=O)[C@H]2C[C@@H]2c2ccc(-c3ccc(CN4CCN(c5cc6c(cc5F)C(=O)N(C5CCC(=O)NC5=O)C6=O)CC4)cc3)cc2)n1)C(F)(F)F. The first-order valence-electron chi connectivity index (χ1n) is 19.1. The molecule has 3 aromatic carbocycles. The smallest absolute Gasteiger partial charge is 0.367 e. The Morgan fingerprint density at radius 2 is 1.53 bits per heavy atom. The number of carbonyl (C=O) groups is 5. The maximum Gasteiger partial charge on any atom is 0.401 e. The zero-order valence-corrected chi connectivity index (χ0v) is 31.7. The van der Waals surface area contributed by atoms with Crippen molar-refractivity contribution < 1.29 is 41.5 Å². The number of hydrogen-bond donors (Lipinski definition) is 3. The largest absolute Gasteiger partial charge is 0.401 e. The van der Waals surface area contributed by atoms with Crippen molar-refractivity contribution in [1.82, 2.24) is 35.6 Å². The molecule has 3 atom stereocenters. The molecule has 1 unspecified atom stereocenters. The first kappa shape index (κ1) is 38.9. The summed E-state index contributed by atoms with van der Waals surface area (Å²) in [4.78, 5) is 72.0. The Labute approximate surface area is 330 Å². The van der Waals surface area contributed by atoms with Crippen molar-refractivity contribution in [2.24, 2.45) is 5.92 Å². The summed E-state index contributed by atoms with van der Waals surface area (Å²) in [6, 6.07) is 17.6. The predicted molar refractivity (Wildman–Crippen MR) is 201 cm³/mol. The van der Waals surface area contributed by atoms with Gasteiger partial charge in [0.25, 0.3) is 11.8 Å². The number of piperazine rings is 1. The second kappa shape index (κ2) is 14.8. The minimum atomic E-state index is -4.52. The fraction of sp³-hybridized carbons (Fsp3) is 0.390. The molecule has 4 heterocycles. The second-order valence-electron chi connectivity index (χ2n) is 15.8. The van der Waals surface area contributed by atoms with Gasteiger partial charge in [-0.15, -0.1) is 0 Å². The normalized spacial score (nSPS) is 21.3. The first-order chi connectivity index (χ1) is 27.6. The van der Waals surface area contributed by atoms with E-state index >= 15 is 4.39 Å². The van der Waals surface area contributed by atoms with E-state index in [0.717, 1.165) is 47.1 Å². The van der Waals surface area contributed by atoms with Crippen LogP contribution in [0.5, 0.6) is 0 Å². The van der Waals surface area contributed by atoms with Gasteiger partial charge in [-0.25, -0.2) is 9.37 Å². The third-order valence-electron chi connectivity index (χ3n) is 11.6. The molecule has 3 N–H and O–H groups in total. The summed E-state index contributed by atoms with van der Waals surface area (Å²) in [5.74, 6) is -3.84. The number of halogens is 4. The number of fused-ring (bicyclic) bond motifs is 1. The van der Waals surface area contributed by atoms with Gasteiger partial charge in [-0.1, -0.05) is 48.5 Å². The molecular formula is C41H40F4N8O5. The first-order valence-corrected chi connectivity index (χ1v) is 19.1. The van der Waals surface area contributed by atoms with E-state index in [1.165, 1.54) is 6.07 Å². The zero-order chi connectivity index (χ0) is 41.1. The molecule has 13 nitrogen and oxygen atoms in total. The Hall–Kier alpha value is -5.97. The Morgan fingerprint density at radius 1 is 0.897 bits per heavy atom. The lowest BCUT2D eigenvalue weighted by Crippen LogP contribution is -2.54. The number of alkyl halides is 3. The van der Waals surface area contributed by atoms with Crippen LogP contribution in [0.1, 0.15) is 82.5 Å². The molecular weight excluding hydrogens is 760 g/mol. The van der Waals surface area contributed by atoms with E-state index in [9.17, 15) is 37.1 Å². The van der Waals surface area contributed by atoms with Crippen LogP contribution in [0.25, 0.3) is 11.1 Å². The van der Waals surface area contributed by atoms with Crippen LogP contribution < -0.4 is 15.5 Å². The lowest BCUT2D eigenvalue weighted by Gasteiger charge is -2.36. The Balaban J connectivity index is 0.812. The molecule has 0 spiro atoms. The van der Waals surface area contributed by atoms with E-state index in [1.807, 2.05) is 29.2 Å². The lowest BCUT2D eigenvalue weighted by atomic mass is 9.92. The summed E-state index contributed by atoms with van der Waals surface area (Å²) >= 11 is 0. The van der Waals surface area contributed by atoms with E-state index < -0.39 is 47.1 Å². The molecule has 8 rings (SSSR count). The van der Waals surface area contributed by atoms with E-state index in [-0.39, 0.29) is 65.6 Å². The van der Waals surface area contributed by atoms with Gasteiger partial charge in [0.1, 0.15) is 23.1 Å². The van der Waals surface area contributed by atoms with Gasteiger partial charge in [-0.05, 0) is 67.0 Å². The van der Waals surface area contributed by atoms with Crippen LogP contribution in [0.2, 0.25) is 0 Å². The minimum Gasteiger partial charge on any atom is -0.367 e. The van der Waals surface area contributed by atoms with Crippen molar-refractivity contribution >= 4 is 35.2 Å². The zero-order valence-electron chi connectivity index (χ0n) is 31.7. The van der Waals surface area contributed by atoms with Crippen LogP contribution >= 0.6 is 0 Å². The number of piperidine rings is 1. The molecule has 0 bridgehead atoms. The number of nitrogens with zero attached hydrogens (tertiary/aromatic N) is 5. The minimum absolute atomic E-state index is 0.00161. The molecule has 1 aliphatic carbocycles. The molecule has 3 aliphatic heterocycles. The Kier molecular flexibility index (Phi) is 9.89. The topological polar surface area (TPSA) is 161 Å². The number of amides is 5. The molecule has 17 heteroatoms. The number of aromatic amines is 1. The van der Waals surface area contributed by atoms with Gasteiger partial charge in [-0.3, -0.25) is 44.2 Å². The van der Waals surface area contributed by atoms with E-state index in [1.54, 1.807) is 0 Å². The van der Waals surface area contributed by atoms with Crippen molar-refractivity contribution in [2.75, 3.05) is 31.1 Å². The fourth-order valence-electron chi connectivity index (χ4n) is 7.79. The number of H-pyrrole nitrogens is 1. The maximum atomic E-state index is 15.4. The highest BCUT2D eigenvalue weighted by Crippen LogP contribution is 2.48. The average Bonchev–Trinajstić information content (AvgIpc) is 3.78. The van der Waals surface area contributed by atoms with Gasteiger partial charge in [0.2, 0.25) is 17.7 Å². The van der Waals surface area contributed by atoms with Crippen LogP contribution in [0, 0.1) is 11.7 Å². The molecule has 2 saturated heterocycles. The molecule has 4 aromatic rings. The van der Waals surface area contributed by atoms with Gasteiger partial charge in [-0.2, -0.15) is 18.3 Å². The molecule has 58 heavy (non-hydrogen) atoms. The molecule has 302 valence electrons. The number of aromatic nitrogens is 3. The van der Waals surface area contributed by atoms with Gasteiger partial charge < -0.3 is 10.2 Å². The molecule has 5 amide bonds. The quantitative estimate of drug-likeness (QED) is 0.154. The standard InChI is InChI=1S/C41H40F4N8O5/c1-40(2,41(43,44)45)39-47-33(49-50-39)20-46-35(55)27-17-26(27)25-9-7-24(8-10-25)23-5-3-22(4-6-23)21-51-13-15-52(16-14-51)32-19-29-28(18-30(32)42)37(57)53(38(29)58)31-11-12-34(54)48-36(31)56/h3-10,18-19,26-27,31H,11-17,20-21H2,1-2H3,(H,46,55)(H,47,49,50)(H,48,54,56)/t26-,27+,31?/m1/s1. The van der Waals surface area contributed by atoms with Gasteiger partial charge in [0.05, 0.1) is 23.4 Å². The van der Waals surface area contributed by atoms with Gasteiger partial charge >= 0.3 is 6.18 Å². The van der Waals surface area contributed by atoms with Crippen molar-refractivity contribution in [1.29, 1.82) is 0 Å². The number of anilines is 1. The number of benzene rings is 3. The van der Waals surface area contributed by atoms with E-state index in [2.05, 4.69) is 55.0 Å². The predicted octanol–water partition coefficient (Wildman–Crippen LogP) is 4.59. The Bertz CT molecular complexity index is 2300. The van der Waals surface area contributed by atoms with Gasteiger partial charge in [0, 0.05) is 45.1 Å². The third-order valence-corrected chi connectivity index (χ3v) is 11.6. The summed E-state index contributed by atoms with van der Waals surface area (Å²) < 4.78 is 55.4. The maximum absolute atomic E-state index is 15.4. The number of imide groups is 2. The average molecular weight is 801 g/mol. The molecule has 1 aromatic heterocycles. The Morgan fingerprint density at radius 3 is 2.17 bits per heavy atom. The highest BCUT2D eigenvalue weighted by molar-refractivity contribution is 6.23. The molecule has 3 fully saturated rings. The van der Waals surface area contributed by atoms with Gasteiger partial charge in [0.15, 0.2) is 5.82 Å². The number of rotatable bonds is 10. The van der Waals surface area contributed by atoms with Crippen LogP contribution in [0.3, 0.4) is 0 Å². The summed E-state index contributed by atoms with van der Waals surface area (Å²) in [7, 11) is 0. The van der Waals surface area contributed by atoms with Crippen LogP contribution in [0.15, 0.2) is 60.7 Å². The van der Waals surface area contributed by atoms with Crippen molar-refractivity contribution in [3.8, 4) is 11.1 Å². The highest BCUT2D eigenvalue weighted by Gasteiger charge is 2.51. The second-order valence-corrected chi connectivity index (χ2v) is 15.8. The summed E-state index contributed by atoms with van der Waals surface area (Å²) in [6.07, 6.45) is -3.82. The molecule has 4 aliphatic rings. The fourth-order valence-corrected chi connectivity index (χ4v) is 7.79. The summed E-state index contributed by atoms with van der Waals surface area (Å²) in [5, 5.41) is 11.1. The van der Waals surface area contributed by atoms with E-state index in [4.69, 9.17) is 0 Å².